The van der Waals surface area contributed by atoms with E-state index in [1.54, 1.807) is 12.5 Å². The predicted molar refractivity (Wildman–Crippen MR) is 84.8 cm³/mol. The fourth-order valence-electron chi connectivity index (χ4n) is 2.59. The van der Waals surface area contributed by atoms with Crippen LogP contribution in [-0.2, 0) is 11.3 Å². The zero-order chi connectivity index (χ0) is 14.7. The Morgan fingerprint density at radius 3 is 2.90 bits per heavy atom. The van der Waals surface area contributed by atoms with Crippen molar-refractivity contribution in [3.63, 3.8) is 0 Å². The van der Waals surface area contributed by atoms with Crippen molar-refractivity contribution in [2.24, 2.45) is 5.92 Å². The zero-order valence-corrected chi connectivity index (χ0v) is 13.3. The molecule has 1 amide bonds. The lowest BCUT2D eigenvalue weighted by atomic mass is 10.1. The number of nitrogens with one attached hydrogen (secondary N) is 1. The van der Waals surface area contributed by atoms with E-state index in [4.69, 9.17) is 0 Å². The van der Waals surface area contributed by atoms with Crippen molar-refractivity contribution >= 4 is 21.8 Å². The monoisotopic (exact) mass is 347 g/mol. The highest BCUT2D eigenvalue weighted by atomic mass is 79.9. The standard InChI is InChI=1S/C16H18BrN3O/c17-13-4-2-12(3-5-13)14-10-15(14)16(21)19-6-1-8-20-9-7-18-11-20/h2-5,7,9,11,14-15H,1,6,8,10H2,(H,19,21). The van der Waals surface area contributed by atoms with Gasteiger partial charge in [0.2, 0.25) is 5.91 Å². The number of halogens is 1. The summed E-state index contributed by atoms with van der Waals surface area (Å²) in [7, 11) is 0. The highest BCUT2D eigenvalue weighted by molar-refractivity contribution is 9.10. The molecule has 0 aliphatic heterocycles. The fourth-order valence-corrected chi connectivity index (χ4v) is 2.85. The molecule has 1 fully saturated rings. The number of carbonyl (C=O) groups is 1. The second-order valence-corrected chi connectivity index (χ2v) is 6.36. The first-order chi connectivity index (χ1) is 10.2. The van der Waals surface area contributed by atoms with Crippen LogP contribution in [0.1, 0.15) is 24.3 Å². The van der Waals surface area contributed by atoms with E-state index in [2.05, 4.69) is 38.4 Å². The molecule has 2 aromatic rings. The Labute approximate surface area is 132 Å². The van der Waals surface area contributed by atoms with E-state index in [1.165, 1.54) is 5.56 Å². The molecule has 0 bridgehead atoms. The topological polar surface area (TPSA) is 46.9 Å². The van der Waals surface area contributed by atoms with Crippen LogP contribution in [0.15, 0.2) is 47.5 Å². The molecule has 0 spiro atoms. The van der Waals surface area contributed by atoms with Crippen molar-refractivity contribution in [3.05, 3.63) is 53.0 Å². The van der Waals surface area contributed by atoms with Gasteiger partial charge in [-0.3, -0.25) is 4.79 Å². The highest BCUT2D eigenvalue weighted by Gasteiger charge is 2.43. The third kappa shape index (κ3) is 3.73. The molecular weight excluding hydrogens is 330 g/mol. The van der Waals surface area contributed by atoms with Crippen molar-refractivity contribution < 1.29 is 4.79 Å². The maximum atomic E-state index is 12.1. The van der Waals surface area contributed by atoms with E-state index in [9.17, 15) is 4.79 Å². The summed E-state index contributed by atoms with van der Waals surface area (Å²) < 4.78 is 3.10. The van der Waals surface area contributed by atoms with E-state index in [-0.39, 0.29) is 11.8 Å². The highest BCUT2D eigenvalue weighted by Crippen LogP contribution is 2.47. The summed E-state index contributed by atoms with van der Waals surface area (Å²) in [5.41, 5.74) is 1.26. The maximum Gasteiger partial charge on any atom is 0.223 e. The molecule has 1 N–H and O–H groups in total. The molecule has 4 nitrogen and oxygen atoms in total. The smallest absolute Gasteiger partial charge is 0.223 e. The SMILES string of the molecule is O=C(NCCCn1ccnc1)C1CC1c1ccc(Br)cc1. The van der Waals surface area contributed by atoms with Gasteiger partial charge in [-0.15, -0.1) is 0 Å². The predicted octanol–water partition coefficient (Wildman–Crippen LogP) is 2.96. The second kappa shape index (κ2) is 6.43. The quantitative estimate of drug-likeness (QED) is 0.816. The van der Waals surface area contributed by atoms with Crippen molar-refractivity contribution in [2.45, 2.75) is 25.3 Å². The minimum atomic E-state index is 0.152. The van der Waals surface area contributed by atoms with Crippen molar-refractivity contribution in [3.8, 4) is 0 Å². The summed E-state index contributed by atoms with van der Waals surface area (Å²) >= 11 is 3.43. The summed E-state index contributed by atoms with van der Waals surface area (Å²) in [5, 5.41) is 3.04. The van der Waals surface area contributed by atoms with Gasteiger partial charge in [-0.1, -0.05) is 28.1 Å². The third-order valence-electron chi connectivity index (χ3n) is 3.88. The van der Waals surface area contributed by atoms with Crippen molar-refractivity contribution in [1.82, 2.24) is 14.9 Å². The summed E-state index contributed by atoms with van der Waals surface area (Å²) in [5.74, 6) is 0.736. The van der Waals surface area contributed by atoms with Crippen LogP contribution in [0.3, 0.4) is 0 Å². The first kappa shape index (κ1) is 14.3. The van der Waals surface area contributed by atoms with Gasteiger partial charge in [0.25, 0.3) is 0 Å². The average molecular weight is 348 g/mol. The molecule has 1 aliphatic rings. The minimum absolute atomic E-state index is 0.152. The van der Waals surface area contributed by atoms with Crippen LogP contribution < -0.4 is 5.32 Å². The lowest BCUT2D eigenvalue weighted by Gasteiger charge is -2.06. The third-order valence-corrected chi connectivity index (χ3v) is 4.41. The number of benzene rings is 1. The fraction of sp³-hybridized carbons (Fsp3) is 0.375. The van der Waals surface area contributed by atoms with Gasteiger partial charge in [0.05, 0.1) is 6.33 Å². The summed E-state index contributed by atoms with van der Waals surface area (Å²) in [6.07, 6.45) is 7.40. The van der Waals surface area contributed by atoms with Gasteiger partial charge in [0.1, 0.15) is 0 Å². The molecule has 0 radical (unpaired) electrons. The normalized spacial score (nSPS) is 20.2. The van der Waals surface area contributed by atoms with E-state index >= 15 is 0 Å². The van der Waals surface area contributed by atoms with Gasteiger partial charge < -0.3 is 9.88 Å². The van der Waals surface area contributed by atoms with Gasteiger partial charge in [0.15, 0.2) is 0 Å². The molecule has 110 valence electrons. The first-order valence-electron chi connectivity index (χ1n) is 7.23. The number of amides is 1. The molecule has 1 saturated carbocycles. The molecule has 21 heavy (non-hydrogen) atoms. The van der Waals surface area contributed by atoms with Gasteiger partial charge in [-0.05, 0) is 36.5 Å². The van der Waals surface area contributed by atoms with E-state index < -0.39 is 0 Å². The molecule has 0 saturated heterocycles. The Morgan fingerprint density at radius 2 is 2.19 bits per heavy atom. The first-order valence-corrected chi connectivity index (χ1v) is 8.02. The van der Waals surface area contributed by atoms with Crippen molar-refractivity contribution in [2.75, 3.05) is 6.54 Å². The number of aromatic nitrogens is 2. The summed E-state index contributed by atoms with van der Waals surface area (Å²) in [4.78, 5) is 16.1. The molecule has 1 aromatic carbocycles. The Balaban J connectivity index is 1.40. The van der Waals surface area contributed by atoms with Crippen LogP contribution in [0.5, 0.6) is 0 Å². The van der Waals surface area contributed by atoms with Crippen LogP contribution in [-0.4, -0.2) is 22.0 Å². The summed E-state index contributed by atoms with van der Waals surface area (Å²) in [6, 6.07) is 8.27. The van der Waals surface area contributed by atoms with Crippen LogP contribution in [0.2, 0.25) is 0 Å². The molecule has 1 aliphatic carbocycles. The Morgan fingerprint density at radius 1 is 1.38 bits per heavy atom. The van der Waals surface area contributed by atoms with Crippen molar-refractivity contribution in [1.29, 1.82) is 0 Å². The number of hydrogen-bond donors (Lipinski definition) is 1. The number of imidazole rings is 1. The zero-order valence-electron chi connectivity index (χ0n) is 11.7. The number of rotatable bonds is 6. The van der Waals surface area contributed by atoms with E-state index in [1.807, 2.05) is 22.9 Å². The van der Waals surface area contributed by atoms with Gasteiger partial charge in [-0.25, -0.2) is 4.98 Å². The summed E-state index contributed by atoms with van der Waals surface area (Å²) in [6.45, 7) is 1.61. The number of carbonyl (C=O) groups excluding carboxylic acids is 1. The van der Waals surface area contributed by atoms with E-state index in [0.29, 0.717) is 5.92 Å². The Kier molecular flexibility index (Phi) is 4.39. The van der Waals surface area contributed by atoms with Crippen LogP contribution in [0, 0.1) is 5.92 Å². The van der Waals surface area contributed by atoms with Crippen LogP contribution in [0.25, 0.3) is 0 Å². The molecule has 3 rings (SSSR count). The second-order valence-electron chi connectivity index (χ2n) is 5.45. The van der Waals surface area contributed by atoms with Crippen LogP contribution in [0.4, 0.5) is 0 Å². The molecular formula is C16H18BrN3O. The van der Waals surface area contributed by atoms with Gasteiger partial charge >= 0.3 is 0 Å². The maximum absolute atomic E-state index is 12.1. The Bertz CT molecular complexity index is 594. The molecule has 2 unspecified atom stereocenters. The number of hydrogen-bond acceptors (Lipinski definition) is 2. The van der Waals surface area contributed by atoms with Crippen LogP contribution >= 0.6 is 15.9 Å². The molecule has 1 aromatic heterocycles. The Hall–Kier alpha value is -1.62. The molecule has 5 heteroatoms. The minimum Gasteiger partial charge on any atom is -0.356 e. The van der Waals surface area contributed by atoms with Gasteiger partial charge in [0, 0.05) is 35.9 Å². The lowest BCUT2D eigenvalue weighted by Crippen LogP contribution is -2.27. The molecule has 1 heterocycles. The molecule has 2 atom stereocenters. The lowest BCUT2D eigenvalue weighted by molar-refractivity contribution is -0.122. The average Bonchev–Trinajstić information content (AvgIpc) is 3.12. The number of aryl methyl sites for hydroxylation is 1. The number of nitrogens with zero attached hydrogens (tertiary/aromatic N) is 2. The van der Waals surface area contributed by atoms with E-state index in [0.717, 1.165) is 30.4 Å². The van der Waals surface area contributed by atoms with Gasteiger partial charge in [-0.2, -0.15) is 0 Å². The largest absolute Gasteiger partial charge is 0.356 e.